The SMILES string of the molecule is CCCCn1c(-c2ccccc2)nc(-c2ccccc2)c1CN(Cc1ccc(OC(F)F)cc1)Cc1cccc(OC(F)F)c1. The van der Waals surface area contributed by atoms with Gasteiger partial charge in [0.05, 0.1) is 11.4 Å². The molecule has 5 nitrogen and oxygen atoms in total. The smallest absolute Gasteiger partial charge is 0.387 e. The van der Waals surface area contributed by atoms with Crippen molar-refractivity contribution in [3.05, 3.63) is 126 Å². The lowest BCUT2D eigenvalue weighted by molar-refractivity contribution is -0.0505. The summed E-state index contributed by atoms with van der Waals surface area (Å²) in [5, 5.41) is 0. The zero-order chi connectivity index (χ0) is 31.6. The molecule has 5 aromatic rings. The Hall–Kier alpha value is -4.63. The van der Waals surface area contributed by atoms with Gasteiger partial charge in [0.15, 0.2) is 0 Å². The van der Waals surface area contributed by atoms with Gasteiger partial charge < -0.3 is 14.0 Å². The van der Waals surface area contributed by atoms with E-state index in [1.807, 2.05) is 54.6 Å². The van der Waals surface area contributed by atoms with Crippen LogP contribution in [0.4, 0.5) is 17.6 Å². The molecule has 4 aromatic carbocycles. The number of nitrogens with zero attached hydrogens (tertiary/aromatic N) is 3. The number of benzene rings is 4. The molecule has 0 spiro atoms. The summed E-state index contributed by atoms with van der Waals surface area (Å²) in [6.07, 6.45) is 1.95. The molecule has 0 N–H and O–H groups in total. The van der Waals surface area contributed by atoms with E-state index in [0.717, 1.165) is 58.9 Å². The Kier molecular flexibility index (Phi) is 10.9. The summed E-state index contributed by atoms with van der Waals surface area (Å²) in [5.74, 6) is 1.03. The van der Waals surface area contributed by atoms with Crippen LogP contribution in [0.25, 0.3) is 22.6 Å². The molecule has 234 valence electrons. The van der Waals surface area contributed by atoms with Crippen LogP contribution in [0.3, 0.4) is 0 Å². The number of imidazole rings is 1. The first-order valence-electron chi connectivity index (χ1n) is 14.9. The molecule has 1 aromatic heterocycles. The van der Waals surface area contributed by atoms with Gasteiger partial charge in [-0.3, -0.25) is 4.90 Å². The van der Waals surface area contributed by atoms with Crippen LogP contribution in [0.1, 0.15) is 36.6 Å². The van der Waals surface area contributed by atoms with Crippen molar-refractivity contribution in [2.24, 2.45) is 0 Å². The van der Waals surface area contributed by atoms with E-state index in [9.17, 15) is 17.6 Å². The van der Waals surface area contributed by atoms with Gasteiger partial charge in [-0.2, -0.15) is 17.6 Å². The fourth-order valence-corrected chi connectivity index (χ4v) is 5.33. The minimum absolute atomic E-state index is 0.0775. The molecular weight excluding hydrogens is 582 g/mol. The Balaban J connectivity index is 1.57. The molecular formula is C36H35F4N3O2. The number of ether oxygens (including phenoxy) is 2. The van der Waals surface area contributed by atoms with E-state index in [2.05, 4.69) is 38.0 Å². The maximum absolute atomic E-state index is 13.0. The highest BCUT2D eigenvalue weighted by Gasteiger charge is 2.22. The van der Waals surface area contributed by atoms with E-state index in [1.54, 1.807) is 24.3 Å². The van der Waals surface area contributed by atoms with Gasteiger partial charge >= 0.3 is 13.2 Å². The van der Waals surface area contributed by atoms with E-state index in [-0.39, 0.29) is 11.5 Å². The van der Waals surface area contributed by atoms with Crippen LogP contribution in [-0.4, -0.2) is 27.7 Å². The molecule has 1 heterocycles. The van der Waals surface area contributed by atoms with E-state index in [4.69, 9.17) is 4.98 Å². The third-order valence-electron chi connectivity index (χ3n) is 7.34. The average Bonchev–Trinajstić information content (AvgIpc) is 3.39. The van der Waals surface area contributed by atoms with Crippen LogP contribution >= 0.6 is 0 Å². The summed E-state index contributed by atoms with van der Waals surface area (Å²) in [4.78, 5) is 7.39. The molecule has 0 unspecified atom stereocenters. The van der Waals surface area contributed by atoms with Gasteiger partial charge in [0.25, 0.3) is 0 Å². The lowest BCUT2D eigenvalue weighted by atomic mass is 10.1. The Morgan fingerprint density at radius 3 is 1.93 bits per heavy atom. The van der Waals surface area contributed by atoms with Crippen LogP contribution in [0.2, 0.25) is 0 Å². The Labute approximate surface area is 260 Å². The average molecular weight is 618 g/mol. The van der Waals surface area contributed by atoms with Gasteiger partial charge in [0.1, 0.15) is 17.3 Å². The normalized spacial score (nSPS) is 11.5. The zero-order valence-electron chi connectivity index (χ0n) is 25.0. The number of aromatic nitrogens is 2. The second-order valence-corrected chi connectivity index (χ2v) is 10.7. The van der Waals surface area contributed by atoms with Gasteiger partial charge in [-0.1, -0.05) is 98.3 Å². The first-order chi connectivity index (χ1) is 21.9. The van der Waals surface area contributed by atoms with Crippen LogP contribution in [-0.2, 0) is 26.2 Å². The highest BCUT2D eigenvalue weighted by atomic mass is 19.3. The minimum atomic E-state index is -2.93. The number of hydrogen-bond donors (Lipinski definition) is 0. The molecule has 0 radical (unpaired) electrons. The zero-order valence-corrected chi connectivity index (χ0v) is 25.0. The van der Waals surface area contributed by atoms with Crippen LogP contribution in [0.15, 0.2) is 109 Å². The topological polar surface area (TPSA) is 39.5 Å². The second kappa shape index (κ2) is 15.4. The molecule has 0 aliphatic carbocycles. The van der Waals surface area contributed by atoms with Gasteiger partial charge in [-0.15, -0.1) is 0 Å². The van der Waals surface area contributed by atoms with E-state index in [0.29, 0.717) is 19.6 Å². The lowest BCUT2D eigenvalue weighted by Crippen LogP contribution is -2.24. The summed E-state index contributed by atoms with van der Waals surface area (Å²) < 4.78 is 63.0. The largest absolute Gasteiger partial charge is 0.435 e. The molecule has 0 aliphatic rings. The van der Waals surface area contributed by atoms with E-state index < -0.39 is 13.2 Å². The predicted octanol–water partition coefficient (Wildman–Crippen LogP) is 9.42. The van der Waals surface area contributed by atoms with Crippen molar-refractivity contribution in [3.63, 3.8) is 0 Å². The molecule has 0 fully saturated rings. The van der Waals surface area contributed by atoms with Crippen molar-refractivity contribution in [1.29, 1.82) is 0 Å². The van der Waals surface area contributed by atoms with Gasteiger partial charge in [0, 0.05) is 37.3 Å². The fourth-order valence-electron chi connectivity index (χ4n) is 5.33. The van der Waals surface area contributed by atoms with Crippen molar-refractivity contribution in [2.75, 3.05) is 0 Å². The first-order valence-corrected chi connectivity index (χ1v) is 14.9. The third kappa shape index (κ3) is 8.73. The molecule has 0 atom stereocenters. The summed E-state index contributed by atoms with van der Waals surface area (Å²) in [7, 11) is 0. The molecule has 0 amide bonds. The Bertz CT molecular complexity index is 1630. The highest BCUT2D eigenvalue weighted by molar-refractivity contribution is 5.68. The minimum Gasteiger partial charge on any atom is -0.435 e. The summed E-state index contributed by atoms with van der Waals surface area (Å²) in [6.45, 7) is -1.59. The molecule has 0 saturated heterocycles. The lowest BCUT2D eigenvalue weighted by Gasteiger charge is -2.25. The Morgan fingerprint density at radius 1 is 0.667 bits per heavy atom. The van der Waals surface area contributed by atoms with Crippen molar-refractivity contribution in [3.8, 4) is 34.1 Å². The standard InChI is InChI=1S/C36H35F4N3O2/c1-2-3-21-43-32(33(28-12-6-4-7-13-28)41-34(43)29-14-8-5-9-15-29)25-42(23-26-17-19-30(20-18-26)44-35(37)38)24-27-11-10-16-31(22-27)45-36(39)40/h4-20,22,35-36H,2-3,21,23-25H2,1H3. The third-order valence-corrected chi connectivity index (χ3v) is 7.34. The Morgan fingerprint density at radius 2 is 1.29 bits per heavy atom. The highest BCUT2D eigenvalue weighted by Crippen LogP contribution is 2.32. The molecule has 0 aliphatic heterocycles. The molecule has 5 rings (SSSR count). The number of unbranched alkanes of at least 4 members (excludes halogenated alkanes) is 1. The van der Waals surface area contributed by atoms with Crippen LogP contribution in [0, 0.1) is 0 Å². The monoisotopic (exact) mass is 617 g/mol. The summed E-state index contributed by atoms with van der Waals surface area (Å²) in [6, 6.07) is 33.3. The van der Waals surface area contributed by atoms with Crippen LogP contribution in [0.5, 0.6) is 11.5 Å². The first kappa shape index (κ1) is 31.8. The van der Waals surface area contributed by atoms with E-state index in [1.165, 1.54) is 18.2 Å². The number of halogens is 4. The van der Waals surface area contributed by atoms with Gasteiger partial charge in [0.2, 0.25) is 0 Å². The number of alkyl halides is 4. The fraction of sp³-hybridized carbons (Fsp3) is 0.250. The maximum atomic E-state index is 13.0. The van der Waals surface area contributed by atoms with E-state index >= 15 is 0 Å². The van der Waals surface area contributed by atoms with Crippen molar-refractivity contribution < 1.29 is 27.0 Å². The van der Waals surface area contributed by atoms with Crippen molar-refractivity contribution in [1.82, 2.24) is 14.5 Å². The molecule has 9 heteroatoms. The van der Waals surface area contributed by atoms with Gasteiger partial charge in [-0.05, 0) is 41.8 Å². The van der Waals surface area contributed by atoms with Crippen LogP contribution < -0.4 is 9.47 Å². The van der Waals surface area contributed by atoms with Crippen molar-refractivity contribution in [2.45, 2.75) is 59.2 Å². The molecule has 0 saturated carbocycles. The van der Waals surface area contributed by atoms with Crippen molar-refractivity contribution >= 4 is 0 Å². The summed E-state index contributed by atoms with van der Waals surface area (Å²) in [5.41, 5.74) is 5.55. The quantitative estimate of drug-likeness (QED) is 0.110. The predicted molar refractivity (Wildman–Crippen MR) is 167 cm³/mol. The van der Waals surface area contributed by atoms with Gasteiger partial charge in [-0.25, -0.2) is 4.98 Å². The maximum Gasteiger partial charge on any atom is 0.387 e. The molecule has 0 bridgehead atoms. The molecule has 45 heavy (non-hydrogen) atoms. The number of rotatable bonds is 15. The summed E-state index contributed by atoms with van der Waals surface area (Å²) >= 11 is 0. The number of hydrogen-bond acceptors (Lipinski definition) is 4. The second-order valence-electron chi connectivity index (χ2n) is 10.7.